The van der Waals surface area contributed by atoms with E-state index in [1.165, 1.54) is 29.2 Å². The van der Waals surface area contributed by atoms with E-state index in [1.54, 1.807) is 6.92 Å². The molecule has 0 atom stereocenters. The smallest absolute Gasteiger partial charge is 0.435 e. The lowest BCUT2D eigenvalue weighted by molar-refractivity contribution is -0.141. The number of carboxylic acid groups (broad SMARTS) is 1. The third-order valence-electron chi connectivity index (χ3n) is 3.34. The van der Waals surface area contributed by atoms with Gasteiger partial charge in [-0.25, -0.2) is 4.68 Å². The van der Waals surface area contributed by atoms with Gasteiger partial charge >= 0.3 is 12.1 Å². The summed E-state index contributed by atoms with van der Waals surface area (Å²) in [5.74, 6) is -1.64. The number of nitrogens with zero attached hydrogens (tertiary/aromatic N) is 3. The standard InChI is InChI=1S/C16H16F3N3O3/c1-2-7-21(10-14(23)24)15(25)11-4-3-5-12(9-11)22-8-6-13(20-22)16(17,18)19/h3-6,8-9H,2,7,10H2,1H3,(H,23,24). The molecule has 134 valence electrons. The van der Waals surface area contributed by atoms with E-state index in [9.17, 15) is 22.8 Å². The first-order chi connectivity index (χ1) is 11.7. The Kier molecular flexibility index (Phi) is 5.45. The number of carboxylic acids is 1. The van der Waals surface area contributed by atoms with Gasteiger partial charge in [-0.2, -0.15) is 18.3 Å². The molecule has 0 saturated heterocycles. The van der Waals surface area contributed by atoms with Crippen LogP contribution in [0.1, 0.15) is 29.4 Å². The van der Waals surface area contributed by atoms with Gasteiger partial charge < -0.3 is 10.0 Å². The average molecular weight is 355 g/mol. The highest BCUT2D eigenvalue weighted by atomic mass is 19.4. The van der Waals surface area contributed by atoms with E-state index in [4.69, 9.17) is 5.11 Å². The van der Waals surface area contributed by atoms with Crippen LogP contribution < -0.4 is 0 Å². The Balaban J connectivity index is 2.30. The van der Waals surface area contributed by atoms with Crippen LogP contribution in [0.4, 0.5) is 13.2 Å². The predicted molar refractivity (Wildman–Crippen MR) is 82.4 cm³/mol. The summed E-state index contributed by atoms with van der Waals surface area (Å²) >= 11 is 0. The van der Waals surface area contributed by atoms with Gasteiger partial charge in [0.15, 0.2) is 5.69 Å². The van der Waals surface area contributed by atoms with Crippen molar-refractivity contribution in [1.82, 2.24) is 14.7 Å². The van der Waals surface area contributed by atoms with E-state index in [0.29, 0.717) is 6.42 Å². The van der Waals surface area contributed by atoms with E-state index in [2.05, 4.69) is 5.10 Å². The van der Waals surface area contributed by atoms with Crippen LogP contribution in [-0.4, -0.2) is 44.8 Å². The number of hydrogen-bond acceptors (Lipinski definition) is 3. The average Bonchev–Trinajstić information content (AvgIpc) is 3.04. The molecular weight excluding hydrogens is 339 g/mol. The third kappa shape index (κ3) is 4.59. The van der Waals surface area contributed by atoms with Crippen LogP contribution in [0.5, 0.6) is 0 Å². The monoisotopic (exact) mass is 355 g/mol. The van der Waals surface area contributed by atoms with Crippen LogP contribution in [0.25, 0.3) is 5.69 Å². The molecule has 0 fully saturated rings. The van der Waals surface area contributed by atoms with Crippen molar-refractivity contribution in [2.45, 2.75) is 19.5 Å². The summed E-state index contributed by atoms with van der Waals surface area (Å²) in [5, 5.41) is 12.4. The molecule has 1 heterocycles. The maximum absolute atomic E-state index is 12.6. The summed E-state index contributed by atoms with van der Waals surface area (Å²) < 4.78 is 38.9. The molecule has 1 aromatic carbocycles. The Hall–Kier alpha value is -2.84. The van der Waals surface area contributed by atoms with E-state index in [-0.39, 0.29) is 17.8 Å². The lowest BCUT2D eigenvalue weighted by atomic mass is 10.1. The van der Waals surface area contributed by atoms with Gasteiger partial charge in [0.25, 0.3) is 5.91 Å². The SMILES string of the molecule is CCCN(CC(=O)O)C(=O)c1cccc(-n2ccc(C(F)(F)F)n2)c1. The summed E-state index contributed by atoms with van der Waals surface area (Å²) in [5.41, 5.74) is -0.591. The van der Waals surface area contributed by atoms with Crippen molar-refractivity contribution in [1.29, 1.82) is 0 Å². The number of carbonyl (C=O) groups excluding carboxylic acids is 1. The Labute approximate surface area is 141 Å². The van der Waals surface area contributed by atoms with Crippen molar-refractivity contribution in [3.8, 4) is 5.69 Å². The number of rotatable bonds is 6. The fraction of sp³-hybridized carbons (Fsp3) is 0.312. The van der Waals surface area contributed by atoms with Crippen LogP contribution in [0.3, 0.4) is 0 Å². The number of halogens is 3. The fourth-order valence-corrected chi connectivity index (χ4v) is 2.27. The molecular formula is C16H16F3N3O3. The molecule has 0 unspecified atom stereocenters. The Bertz CT molecular complexity index is 771. The zero-order chi connectivity index (χ0) is 18.6. The number of aromatic nitrogens is 2. The number of alkyl halides is 3. The highest BCUT2D eigenvalue weighted by Crippen LogP contribution is 2.28. The molecule has 0 spiro atoms. The minimum absolute atomic E-state index is 0.177. The fourth-order valence-electron chi connectivity index (χ4n) is 2.27. The molecule has 2 rings (SSSR count). The summed E-state index contributed by atoms with van der Waals surface area (Å²) in [4.78, 5) is 24.5. The molecule has 0 radical (unpaired) electrons. The second-order valence-corrected chi connectivity index (χ2v) is 5.31. The van der Waals surface area contributed by atoms with Crippen molar-refractivity contribution in [3.05, 3.63) is 47.8 Å². The summed E-state index contributed by atoms with van der Waals surface area (Å²) in [6, 6.07) is 6.69. The Morgan fingerprint density at radius 2 is 2.00 bits per heavy atom. The van der Waals surface area contributed by atoms with Gasteiger partial charge in [-0.3, -0.25) is 9.59 Å². The van der Waals surface area contributed by atoms with Gasteiger partial charge in [0.05, 0.1) is 5.69 Å². The molecule has 1 N–H and O–H groups in total. The first-order valence-electron chi connectivity index (χ1n) is 7.46. The van der Waals surface area contributed by atoms with Gasteiger partial charge in [-0.1, -0.05) is 13.0 Å². The van der Waals surface area contributed by atoms with Crippen molar-refractivity contribution in [2.24, 2.45) is 0 Å². The largest absolute Gasteiger partial charge is 0.480 e. The molecule has 0 aliphatic rings. The molecule has 9 heteroatoms. The highest BCUT2D eigenvalue weighted by Gasteiger charge is 2.33. The van der Waals surface area contributed by atoms with Crippen LogP contribution in [0.15, 0.2) is 36.5 Å². The number of benzene rings is 1. The van der Waals surface area contributed by atoms with Crippen LogP contribution in [0, 0.1) is 0 Å². The maximum Gasteiger partial charge on any atom is 0.435 e. The zero-order valence-corrected chi connectivity index (χ0v) is 13.3. The molecule has 0 aliphatic carbocycles. The third-order valence-corrected chi connectivity index (χ3v) is 3.34. The molecule has 6 nitrogen and oxygen atoms in total. The van der Waals surface area contributed by atoms with E-state index in [0.717, 1.165) is 16.9 Å². The number of hydrogen-bond donors (Lipinski definition) is 1. The predicted octanol–water partition coefficient (Wildman–Crippen LogP) is 2.83. The van der Waals surface area contributed by atoms with E-state index < -0.39 is 30.3 Å². The molecule has 1 aromatic heterocycles. The molecule has 2 aromatic rings. The highest BCUT2D eigenvalue weighted by molar-refractivity contribution is 5.96. The van der Waals surface area contributed by atoms with Crippen molar-refractivity contribution < 1.29 is 27.9 Å². The van der Waals surface area contributed by atoms with Gasteiger partial charge in [0.2, 0.25) is 0 Å². The molecule has 0 saturated carbocycles. The maximum atomic E-state index is 12.6. The van der Waals surface area contributed by atoms with Crippen LogP contribution in [-0.2, 0) is 11.0 Å². The lowest BCUT2D eigenvalue weighted by Gasteiger charge is -2.20. The summed E-state index contributed by atoms with van der Waals surface area (Å²) in [6.45, 7) is 1.62. The zero-order valence-electron chi connectivity index (χ0n) is 13.3. The van der Waals surface area contributed by atoms with Gasteiger partial charge in [0.1, 0.15) is 6.54 Å². The molecule has 0 aliphatic heterocycles. The van der Waals surface area contributed by atoms with Crippen molar-refractivity contribution >= 4 is 11.9 Å². The number of aliphatic carboxylic acids is 1. The van der Waals surface area contributed by atoms with E-state index in [1.807, 2.05) is 0 Å². The first kappa shape index (κ1) is 18.5. The Morgan fingerprint density at radius 3 is 2.56 bits per heavy atom. The first-order valence-corrected chi connectivity index (χ1v) is 7.46. The summed E-state index contributed by atoms with van der Waals surface area (Å²) in [7, 11) is 0. The molecule has 1 amide bonds. The van der Waals surface area contributed by atoms with E-state index >= 15 is 0 Å². The normalized spacial score (nSPS) is 11.4. The summed E-state index contributed by atoms with van der Waals surface area (Å²) in [6.07, 6.45) is -2.83. The number of carbonyl (C=O) groups is 2. The second kappa shape index (κ2) is 7.37. The van der Waals surface area contributed by atoms with Crippen molar-refractivity contribution in [3.63, 3.8) is 0 Å². The topological polar surface area (TPSA) is 75.4 Å². The second-order valence-electron chi connectivity index (χ2n) is 5.31. The number of amides is 1. The minimum Gasteiger partial charge on any atom is -0.480 e. The minimum atomic E-state index is -4.56. The molecule has 0 bridgehead atoms. The van der Waals surface area contributed by atoms with Crippen LogP contribution in [0.2, 0.25) is 0 Å². The van der Waals surface area contributed by atoms with Gasteiger partial charge in [-0.05, 0) is 30.7 Å². The lowest BCUT2D eigenvalue weighted by Crippen LogP contribution is -2.36. The van der Waals surface area contributed by atoms with Gasteiger partial charge in [-0.15, -0.1) is 0 Å². The van der Waals surface area contributed by atoms with Gasteiger partial charge in [0, 0.05) is 18.3 Å². The molecule has 25 heavy (non-hydrogen) atoms. The van der Waals surface area contributed by atoms with Crippen molar-refractivity contribution in [2.75, 3.05) is 13.1 Å². The van der Waals surface area contributed by atoms with Crippen LogP contribution >= 0.6 is 0 Å². The quantitative estimate of drug-likeness (QED) is 0.865. The Morgan fingerprint density at radius 1 is 1.28 bits per heavy atom.